The van der Waals surface area contributed by atoms with E-state index >= 15 is 0 Å². The molecule has 1 aliphatic heterocycles. The summed E-state index contributed by atoms with van der Waals surface area (Å²) < 4.78 is 32.9. The molecule has 1 aromatic rings. The van der Waals surface area contributed by atoms with E-state index in [2.05, 4.69) is 0 Å². The molecule has 1 unspecified atom stereocenters. The highest BCUT2D eigenvalue weighted by molar-refractivity contribution is 7.91. The van der Waals surface area contributed by atoms with Crippen LogP contribution in [0.1, 0.15) is 6.42 Å². The van der Waals surface area contributed by atoms with Crippen LogP contribution in [0.4, 0.5) is 0 Å². The van der Waals surface area contributed by atoms with E-state index in [1.165, 1.54) is 0 Å². The highest BCUT2D eigenvalue weighted by Gasteiger charge is 2.33. The highest BCUT2D eigenvalue weighted by atomic mass is 35.5. The van der Waals surface area contributed by atoms with Crippen molar-refractivity contribution in [1.82, 2.24) is 0 Å². The molecule has 0 bridgehead atoms. The molecule has 0 N–H and O–H groups in total. The maximum absolute atomic E-state index is 11.7. The fourth-order valence-electron chi connectivity index (χ4n) is 2.01. The molecule has 0 amide bonds. The summed E-state index contributed by atoms with van der Waals surface area (Å²) >= 11 is 11.8. The summed E-state index contributed by atoms with van der Waals surface area (Å²) in [5, 5.41) is 0.742. The van der Waals surface area contributed by atoms with Crippen molar-refractivity contribution in [3.63, 3.8) is 0 Å². The molecular weight excluding hydrogens is 339 g/mol. The summed E-state index contributed by atoms with van der Waals surface area (Å²) in [4.78, 5) is 11.7. The van der Waals surface area contributed by atoms with Crippen molar-refractivity contribution in [3.8, 4) is 5.75 Å². The molecule has 0 saturated carbocycles. The van der Waals surface area contributed by atoms with Gasteiger partial charge in [0.1, 0.15) is 13.2 Å². The molecule has 1 aromatic carbocycles. The van der Waals surface area contributed by atoms with Gasteiger partial charge in [0.2, 0.25) is 0 Å². The number of halogens is 2. The number of ether oxygens (including phenoxy) is 2. The number of carbonyl (C=O) groups is 1. The van der Waals surface area contributed by atoms with E-state index < -0.39 is 21.7 Å². The van der Waals surface area contributed by atoms with Crippen LogP contribution in [0.15, 0.2) is 18.2 Å². The molecule has 1 saturated heterocycles. The lowest BCUT2D eigenvalue weighted by molar-refractivity contribution is -0.148. The Morgan fingerprint density at radius 3 is 2.48 bits per heavy atom. The minimum atomic E-state index is -3.09. The third-order valence-corrected chi connectivity index (χ3v) is 5.42. The first-order chi connectivity index (χ1) is 9.89. The second-order valence-electron chi connectivity index (χ2n) is 4.67. The van der Waals surface area contributed by atoms with E-state index in [4.69, 9.17) is 32.7 Å². The summed E-state index contributed by atoms with van der Waals surface area (Å²) in [7, 11) is -3.09. The molecule has 0 radical (unpaired) electrons. The lowest BCUT2D eigenvalue weighted by atomic mass is 10.1. The van der Waals surface area contributed by atoms with Crippen LogP contribution in [0.2, 0.25) is 10.0 Å². The minimum absolute atomic E-state index is 0.0108. The van der Waals surface area contributed by atoms with Crippen LogP contribution in [-0.4, -0.2) is 39.1 Å². The predicted molar refractivity (Wildman–Crippen MR) is 79.7 cm³/mol. The molecule has 0 aromatic heterocycles. The molecule has 0 spiro atoms. The molecule has 1 fully saturated rings. The van der Waals surface area contributed by atoms with Gasteiger partial charge in [0, 0.05) is 0 Å². The molecule has 8 heteroatoms. The van der Waals surface area contributed by atoms with Gasteiger partial charge in [-0.25, -0.2) is 8.42 Å². The third-order valence-electron chi connectivity index (χ3n) is 3.06. The van der Waals surface area contributed by atoms with Crippen LogP contribution in [0.5, 0.6) is 5.75 Å². The zero-order valence-corrected chi connectivity index (χ0v) is 13.4. The van der Waals surface area contributed by atoms with Gasteiger partial charge in [-0.15, -0.1) is 0 Å². The van der Waals surface area contributed by atoms with Gasteiger partial charge >= 0.3 is 5.97 Å². The maximum atomic E-state index is 11.7. The first-order valence-electron chi connectivity index (χ1n) is 6.33. The minimum Gasteiger partial charge on any atom is -0.487 e. The summed E-state index contributed by atoms with van der Waals surface area (Å²) in [6, 6.07) is 4.97. The lowest BCUT2D eigenvalue weighted by Crippen LogP contribution is -2.21. The van der Waals surface area contributed by atoms with E-state index in [-0.39, 0.29) is 24.7 Å². The van der Waals surface area contributed by atoms with Crippen molar-refractivity contribution >= 4 is 39.0 Å². The number of carbonyl (C=O) groups excluding carboxylic acids is 1. The van der Waals surface area contributed by atoms with Gasteiger partial charge in [0.15, 0.2) is 15.6 Å². The van der Waals surface area contributed by atoms with E-state index in [1.54, 1.807) is 18.2 Å². The molecule has 0 aliphatic carbocycles. The van der Waals surface area contributed by atoms with Crippen molar-refractivity contribution in [2.24, 2.45) is 5.92 Å². The van der Waals surface area contributed by atoms with Crippen molar-refractivity contribution < 1.29 is 22.7 Å². The largest absolute Gasteiger partial charge is 0.487 e. The molecule has 1 atom stereocenters. The zero-order valence-electron chi connectivity index (χ0n) is 11.1. The number of hydrogen-bond donors (Lipinski definition) is 0. The summed E-state index contributed by atoms with van der Waals surface area (Å²) in [6.45, 7) is 0.103. The van der Waals surface area contributed by atoms with E-state index in [0.29, 0.717) is 22.2 Å². The Morgan fingerprint density at radius 2 is 1.90 bits per heavy atom. The van der Waals surface area contributed by atoms with Crippen molar-refractivity contribution in [1.29, 1.82) is 0 Å². The number of rotatable bonds is 5. The van der Waals surface area contributed by atoms with Crippen LogP contribution < -0.4 is 4.74 Å². The first kappa shape index (κ1) is 16.4. The molecule has 116 valence electrons. The number of benzene rings is 1. The average molecular weight is 353 g/mol. The van der Waals surface area contributed by atoms with Crippen molar-refractivity contribution in [3.05, 3.63) is 28.2 Å². The smallest absolute Gasteiger partial charge is 0.310 e. The molecule has 2 rings (SSSR count). The fraction of sp³-hybridized carbons (Fsp3) is 0.462. The van der Waals surface area contributed by atoms with E-state index in [0.717, 1.165) is 0 Å². The van der Waals surface area contributed by atoms with E-state index in [1.807, 2.05) is 0 Å². The predicted octanol–water partition coefficient (Wildman–Crippen LogP) is 2.35. The second-order valence-corrected chi connectivity index (χ2v) is 7.71. The summed E-state index contributed by atoms with van der Waals surface area (Å²) in [6.07, 6.45) is 0.318. The Morgan fingerprint density at radius 1 is 1.24 bits per heavy atom. The quantitative estimate of drug-likeness (QED) is 0.600. The Labute approximate surface area is 133 Å². The third kappa shape index (κ3) is 4.49. The molecular formula is C13H14Cl2O5S. The van der Waals surface area contributed by atoms with Crippen LogP contribution in [-0.2, 0) is 19.4 Å². The monoisotopic (exact) mass is 352 g/mol. The SMILES string of the molecule is O=C(OCCOc1c(Cl)cccc1Cl)C1CCS(=O)(=O)C1. The average Bonchev–Trinajstić information content (AvgIpc) is 2.77. The Kier molecular flexibility index (Phi) is 5.35. The van der Waals surface area contributed by atoms with Crippen molar-refractivity contribution in [2.45, 2.75) is 6.42 Å². The van der Waals surface area contributed by atoms with Crippen molar-refractivity contribution in [2.75, 3.05) is 24.7 Å². The summed E-state index contributed by atoms with van der Waals surface area (Å²) in [5.41, 5.74) is 0. The van der Waals surface area contributed by atoms with Crippen LogP contribution in [0, 0.1) is 5.92 Å². The van der Waals surface area contributed by atoms with E-state index in [9.17, 15) is 13.2 Å². The molecule has 1 aliphatic rings. The number of esters is 1. The zero-order chi connectivity index (χ0) is 15.5. The van der Waals surface area contributed by atoms with Gasteiger partial charge in [0.05, 0.1) is 27.5 Å². The van der Waals surface area contributed by atoms with Crippen LogP contribution in [0.25, 0.3) is 0 Å². The van der Waals surface area contributed by atoms with Crippen LogP contribution in [0.3, 0.4) is 0 Å². The normalized spacial score (nSPS) is 20.2. The Hall–Kier alpha value is -0.980. The van der Waals surface area contributed by atoms with Gasteiger partial charge in [-0.3, -0.25) is 4.79 Å². The van der Waals surface area contributed by atoms with Gasteiger partial charge < -0.3 is 9.47 Å². The number of sulfone groups is 1. The molecule has 21 heavy (non-hydrogen) atoms. The Balaban J connectivity index is 1.76. The standard InChI is InChI=1S/C13H14Cl2O5S/c14-10-2-1-3-11(15)12(10)19-5-6-20-13(16)9-4-7-21(17,18)8-9/h1-3,9H,4-8H2. The maximum Gasteiger partial charge on any atom is 0.310 e. The van der Waals surface area contributed by atoms with Gasteiger partial charge in [-0.05, 0) is 18.6 Å². The molecule has 5 nitrogen and oxygen atoms in total. The van der Waals surface area contributed by atoms with Gasteiger partial charge in [0.25, 0.3) is 0 Å². The number of hydrogen-bond acceptors (Lipinski definition) is 5. The Bertz CT molecular complexity index is 609. The van der Waals surface area contributed by atoms with Gasteiger partial charge in [-0.1, -0.05) is 29.3 Å². The number of para-hydroxylation sites is 1. The molecule has 1 heterocycles. The summed E-state index contributed by atoms with van der Waals surface area (Å²) in [5.74, 6) is -0.842. The highest BCUT2D eigenvalue weighted by Crippen LogP contribution is 2.32. The topological polar surface area (TPSA) is 69.7 Å². The fourth-order valence-corrected chi connectivity index (χ4v) is 4.24. The second kappa shape index (κ2) is 6.85. The van der Waals surface area contributed by atoms with Gasteiger partial charge in [-0.2, -0.15) is 0 Å². The van der Waals surface area contributed by atoms with Crippen LogP contribution >= 0.6 is 23.2 Å². The first-order valence-corrected chi connectivity index (χ1v) is 8.90. The lowest BCUT2D eigenvalue weighted by Gasteiger charge is -2.11.